The second-order valence-electron chi connectivity index (χ2n) is 2.74. The molecule has 0 fully saturated rings. The third-order valence-electron chi connectivity index (χ3n) is 1.56. The topological polar surface area (TPSA) is 46.9 Å². The maximum absolute atomic E-state index is 11.9. The molecule has 0 saturated carbocycles. The molecule has 78 valence electrons. The highest BCUT2D eigenvalue weighted by molar-refractivity contribution is 5.90. The van der Waals surface area contributed by atoms with Crippen molar-refractivity contribution in [1.29, 1.82) is 0 Å². The minimum atomic E-state index is -2.44. The Morgan fingerprint density at radius 1 is 1.71 bits per heavy atom. The minimum absolute atomic E-state index is 0.165. The Morgan fingerprint density at radius 3 is 3.00 bits per heavy atom. The summed E-state index contributed by atoms with van der Waals surface area (Å²) < 4.78 is 24.9. The Balaban J connectivity index is 2.55. The maximum Gasteiger partial charge on any atom is 0.257 e. The number of anilines is 1. The largest absolute Gasteiger partial charge is 0.323 e. The van der Waals surface area contributed by atoms with Gasteiger partial charge in [0.25, 0.3) is 6.43 Å². The second-order valence-corrected chi connectivity index (χ2v) is 2.74. The molecule has 1 amide bonds. The van der Waals surface area contributed by atoms with Crippen molar-refractivity contribution in [3.05, 3.63) is 12.4 Å². The van der Waals surface area contributed by atoms with Crippen LogP contribution in [0.15, 0.2) is 12.4 Å². The standard InChI is InChI=1S/C8H11F2N3O/c1-2-8(14)12-6-3-11-13(4-6)5-7(9)10/h3-4,7H,2,5H2,1H3,(H,12,14). The summed E-state index contributed by atoms with van der Waals surface area (Å²) in [5.41, 5.74) is 0.442. The summed E-state index contributed by atoms with van der Waals surface area (Å²) in [4.78, 5) is 10.9. The zero-order valence-electron chi connectivity index (χ0n) is 7.70. The molecule has 1 heterocycles. The van der Waals surface area contributed by atoms with E-state index in [-0.39, 0.29) is 5.91 Å². The molecule has 0 radical (unpaired) electrons. The van der Waals surface area contributed by atoms with Gasteiger partial charge in [-0.15, -0.1) is 0 Å². The van der Waals surface area contributed by atoms with Crippen molar-refractivity contribution in [2.45, 2.75) is 26.3 Å². The first-order chi connectivity index (χ1) is 6.61. The van der Waals surface area contributed by atoms with Crippen LogP contribution in [-0.2, 0) is 11.3 Å². The van der Waals surface area contributed by atoms with Crippen LogP contribution in [0.5, 0.6) is 0 Å². The third-order valence-corrected chi connectivity index (χ3v) is 1.56. The molecule has 1 rings (SSSR count). The number of carbonyl (C=O) groups is 1. The number of hydrogen-bond acceptors (Lipinski definition) is 2. The predicted molar refractivity (Wildman–Crippen MR) is 47.2 cm³/mol. The van der Waals surface area contributed by atoms with Crippen molar-refractivity contribution in [1.82, 2.24) is 9.78 Å². The van der Waals surface area contributed by atoms with Crippen molar-refractivity contribution >= 4 is 11.6 Å². The van der Waals surface area contributed by atoms with E-state index in [1.54, 1.807) is 6.92 Å². The Bertz CT molecular complexity index is 311. The van der Waals surface area contributed by atoms with Crippen molar-refractivity contribution in [3.63, 3.8) is 0 Å². The number of rotatable bonds is 4. The Morgan fingerprint density at radius 2 is 2.43 bits per heavy atom. The normalized spacial score (nSPS) is 10.6. The van der Waals surface area contributed by atoms with Gasteiger partial charge in [0.05, 0.1) is 11.9 Å². The highest BCUT2D eigenvalue weighted by Gasteiger charge is 2.06. The quantitative estimate of drug-likeness (QED) is 0.806. The number of carbonyl (C=O) groups excluding carboxylic acids is 1. The molecule has 0 saturated heterocycles. The van der Waals surface area contributed by atoms with E-state index in [2.05, 4.69) is 10.4 Å². The molecular weight excluding hydrogens is 192 g/mol. The minimum Gasteiger partial charge on any atom is -0.323 e. The van der Waals surface area contributed by atoms with E-state index in [1.165, 1.54) is 12.4 Å². The smallest absolute Gasteiger partial charge is 0.257 e. The summed E-state index contributed by atoms with van der Waals surface area (Å²) in [7, 11) is 0. The van der Waals surface area contributed by atoms with Gasteiger partial charge < -0.3 is 5.32 Å². The average molecular weight is 203 g/mol. The first kappa shape index (κ1) is 10.6. The highest BCUT2D eigenvalue weighted by atomic mass is 19.3. The van der Waals surface area contributed by atoms with Crippen LogP contribution in [0.4, 0.5) is 14.5 Å². The number of nitrogens with zero attached hydrogens (tertiary/aromatic N) is 2. The van der Waals surface area contributed by atoms with Crippen molar-refractivity contribution in [2.75, 3.05) is 5.32 Å². The van der Waals surface area contributed by atoms with Crippen LogP contribution in [0.1, 0.15) is 13.3 Å². The Kier molecular flexibility index (Phi) is 3.55. The first-order valence-corrected chi connectivity index (χ1v) is 4.22. The fraction of sp³-hybridized carbons (Fsp3) is 0.500. The molecule has 0 atom stereocenters. The third kappa shape index (κ3) is 3.12. The molecule has 0 aliphatic heterocycles. The van der Waals surface area contributed by atoms with Gasteiger partial charge in [-0.25, -0.2) is 8.78 Å². The molecule has 14 heavy (non-hydrogen) atoms. The molecule has 0 aliphatic carbocycles. The van der Waals surface area contributed by atoms with Crippen LogP contribution < -0.4 is 5.32 Å². The number of amides is 1. The van der Waals surface area contributed by atoms with E-state index in [9.17, 15) is 13.6 Å². The number of halogens is 2. The molecule has 0 aromatic carbocycles. The van der Waals surface area contributed by atoms with Crippen molar-refractivity contribution < 1.29 is 13.6 Å². The van der Waals surface area contributed by atoms with E-state index < -0.39 is 13.0 Å². The lowest BCUT2D eigenvalue weighted by Gasteiger charge is -1.99. The monoisotopic (exact) mass is 203 g/mol. The van der Waals surface area contributed by atoms with E-state index in [0.717, 1.165) is 4.68 Å². The predicted octanol–water partition coefficient (Wildman–Crippen LogP) is 1.50. The van der Waals surface area contributed by atoms with Gasteiger partial charge in [-0.3, -0.25) is 9.48 Å². The fourth-order valence-electron chi connectivity index (χ4n) is 0.919. The first-order valence-electron chi connectivity index (χ1n) is 4.22. The van der Waals surface area contributed by atoms with Crippen LogP contribution >= 0.6 is 0 Å². The molecule has 1 aromatic heterocycles. The van der Waals surface area contributed by atoms with Gasteiger partial charge in [-0.2, -0.15) is 5.10 Å². The Hall–Kier alpha value is -1.46. The summed E-state index contributed by atoms with van der Waals surface area (Å²) in [6, 6.07) is 0. The van der Waals surface area contributed by atoms with Crippen LogP contribution in [0, 0.1) is 0 Å². The van der Waals surface area contributed by atoms with Gasteiger partial charge in [0, 0.05) is 12.6 Å². The Labute approximate surface area is 79.9 Å². The molecule has 1 aromatic rings. The maximum atomic E-state index is 11.9. The van der Waals surface area contributed by atoms with Gasteiger partial charge >= 0.3 is 0 Å². The zero-order chi connectivity index (χ0) is 10.6. The number of hydrogen-bond donors (Lipinski definition) is 1. The molecule has 1 N–H and O–H groups in total. The van der Waals surface area contributed by atoms with E-state index in [0.29, 0.717) is 12.1 Å². The van der Waals surface area contributed by atoms with Gasteiger partial charge in [0.1, 0.15) is 6.54 Å². The molecule has 0 unspecified atom stereocenters. The van der Waals surface area contributed by atoms with E-state index in [4.69, 9.17) is 0 Å². The van der Waals surface area contributed by atoms with Gasteiger partial charge in [-0.1, -0.05) is 6.92 Å². The summed E-state index contributed by atoms with van der Waals surface area (Å²) in [5.74, 6) is -0.165. The molecular formula is C8H11F2N3O. The van der Waals surface area contributed by atoms with Gasteiger partial charge in [-0.05, 0) is 0 Å². The highest BCUT2D eigenvalue weighted by Crippen LogP contribution is 2.06. The second kappa shape index (κ2) is 4.69. The fourth-order valence-corrected chi connectivity index (χ4v) is 0.919. The SMILES string of the molecule is CCC(=O)Nc1cnn(CC(F)F)c1. The van der Waals surface area contributed by atoms with E-state index in [1.807, 2.05) is 0 Å². The lowest BCUT2D eigenvalue weighted by Crippen LogP contribution is -2.09. The van der Waals surface area contributed by atoms with Gasteiger partial charge in [0.15, 0.2) is 0 Å². The summed E-state index contributed by atoms with van der Waals surface area (Å²) in [6.07, 6.45) is 0.625. The van der Waals surface area contributed by atoms with Crippen LogP contribution in [0.2, 0.25) is 0 Å². The van der Waals surface area contributed by atoms with Crippen molar-refractivity contribution in [3.8, 4) is 0 Å². The molecule has 0 spiro atoms. The molecule has 6 heteroatoms. The molecule has 0 bridgehead atoms. The summed E-state index contributed by atoms with van der Waals surface area (Å²) in [5, 5.41) is 6.18. The van der Waals surface area contributed by atoms with Gasteiger partial charge in [0.2, 0.25) is 5.91 Å². The van der Waals surface area contributed by atoms with E-state index >= 15 is 0 Å². The number of alkyl halides is 2. The molecule has 0 aliphatic rings. The van der Waals surface area contributed by atoms with Crippen molar-refractivity contribution in [2.24, 2.45) is 0 Å². The number of nitrogens with one attached hydrogen (secondary N) is 1. The van der Waals surface area contributed by atoms with Crippen LogP contribution in [0.25, 0.3) is 0 Å². The summed E-state index contributed by atoms with van der Waals surface area (Å²) >= 11 is 0. The van der Waals surface area contributed by atoms with Crippen LogP contribution in [-0.4, -0.2) is 22.1 Å². The molecule has 4 nitrogen and oxygen atoms in total. The zero-order valence-corrected chi connectivity index (χ0v) is 7.70. The number of aromatic nitrogens is 2. The lowest BCUT2D eigenvalue weighted by atomic mass is 10.4. The van der Waals surface area contributed by atoms with Crippen LogP contribution in [0.3, 0.4) is 0 Å². The summed E-state index contributed by atoms with van der Waals surface area (Å²) in [6.45, 7) is 1.25. The lowest BCUT2D eigenvalue weighted by molar-refractivity contribution is -0.115. The average Bonchev–Trinajstić information content (AvgIpc) is 2.51.